The number of carbonyl (C=O) groups is 1. The van der Waals surface area contributed by atoms with Gasteiger partial charge in [0.25, 0.3) is 5.78 Å². The first-order valence-electron chi connectivity index (χ1n) is 5.10. The van der Waals surface area contributed by atoms with Gasteiger partial charge in [-0.15, -0.1) is 0 Å². The summed E-state index contributed by atoms with van der Waals surface area (Å²) in [6, 6.07) is 4.96. The number of rotatable bonds is 2. The van der Waals surface area contributed by atoms with Crippen molar-refractivity contribution >= 4 is 11.7 Å². The molecule has 0 unspecified atom stereocenters. The summed E-state index contributed by atoms with van der Waals surface area (Å²) < 4.78 is 1.19. The summed E-state index contributed by atoms with van der Waals surface area (Å²) in [6.07, 6.45) is 4.50. The molecule has 0 fully saturated rings. The second-order valence-corrected chi connectivity index (χ2v) is 3.54. The minimum Gasteiger partial charge on any atom is -0.477 e. The third kappa shape index (κ3) is 1.58. The maximum Gasteiger partial charge on any atom is 0.354 e. The molecule has 0 bridgehead atoms. The van der Waals surface area contributed by atoms with E-state index in [-0.39, 0.29) is 11.5 Å². The first-order valence-corrected chi connectivity index (χ1v) is 5.10. The SMILES string of the molecule is O=C(O)c1cc(-c2ccncc2)nc2ncnn12. The van der Waals surface area contributed by atoms with Gasteiger partial charge in [-0.05, 0) is 18.2 Å². The lowest BCUT2D eigenvalue weighted by Crippen LogP contribution is -2.08. The summed E-state index contributed by atoms with van der Waals surface area (Å²) in [6.45, 7) is 0. The first-order chi connectivity index (χ1) is 8.75. The van der Waals surface area contributed by atoms with Crippen molar-refractivity contribution in [2.24, 2.45) is 0 Å². The van der Waals surface area contributed by atoms with Crippen LogP contribution in [0.5, 0.6) is 0 Å². The monoisotopic (exact) mass is 241 g/mol. The van der Waals surface area contributed by atoms with E-state index in [4.69, 9.17) is 5.11 Å². The zero-order valence-electron chi connectivity index (χ0n) is 9.06. The van der Waals surface area contributed by atoms with Gasteiger partial charge in [-0.1, -0.05) is 0 Å². The zero-order chi connectivity index (χ0) is 12.5. The van der Waals surface area contributed by atoms with Crippen LogP contribution in [0.1, 0.15) is 10.5 Å². The Labute approximate surface area is 101 Å². The van der Waals surface area contributed by atoms with Crippen LogP contribution in [0, 0.1) is 0 Å². The molecule has 0 aliphatic rings. The molecule has 1 N–H and O–H groups in total. The van der Waals surface area contributed by atoms with Crippen LogP contribution in [0.15, 0.2) is 36.9 Å². The Kier molecular flexibility index (Phi) is 2.23. The van der Waals surface area contributed by atoms with E-state index >= 15 is 0 Å². The van der Waals surface area contributed by atoms with Crippen molar-refractivity contribution in [2.75, 3.05) is 0 Å². The second kappa shape index (κ2) is 3.88. The van der Waals surface area contributed by atoms with Gasteiger partial charge in [0.1, 0.15) is 6.33 Å². The van der Waals surface area contributed by atoms with Crippen molar-refractivity contribution in [2.45, 2.75) is 0 Å². The summed E-state index contributed by atoms with van der Waals surface area (Å²) in [5.41, 5.74) is 1.32. The second-order valence-electron chi connectivity index (χ2n) is 3.54. The fourth-order valence-electron chi connectivity index (χ4n) is 1.64. The molecule has 18 heavy (non-hydrogen) atoms. The average molecular weight is 241 g/mol. The van der Waals surface area contributed by atoms with E-state index in [0.717, 1.165) is 5.56 Å². The number of hydrogen-bond acceptors (Lipinski definition) is 5. The highest BCUT2D eigenvalue weighted by Crippen LogP contribution is 2.17. The lowest BCUT2D eigenvalue weighted by molar-refractivity contribution is 0.0687. The molecule has 0 saturated heterocycles. The Morgan fingerprint density at radius 2 is 2.06 bits per heavy atom. The molecule has 3 aromatic rings. The number of nitrogens with zero attached hydrogens (tertiary/aromatic N) is 5. The minimum absolute atomic E-state index is 0.0179. The molecule has 7 heteroatoms. The van der Waals surface area contributed by atoms with Crippen molar-refractivity contribution in [3.05, 3.63) is 42.6 Å². The summed E-state index contributed by atoms with van der Waals surface area (Å²) in [5.74, 6) is -0.829. The van der Waals surface area contributed by atoms with Crippen LogP contribution >= 0.6 is 0 Å². The quantitative estimate of drug-likeness (QED) is 0.716. The van der Waals surface area contributed by atoms with Gasteiger partial charge in [-0.25, -0.2) is 9.78 Å². The predicted molar refractivity (Wildman–Crippen MR) is 61.0 cm³/mol. The van der Waals surface area contributed by atoms with Gasteiger partial charge in [-0.3, -0.25) is 4.98 Å². The third-order valence-electron chi connectivity index (χ3n) is 2.45. The zero-order valence-corrected chi connectivity index (χ0v) is 9.06. The summed E-state index contributed by atoms with van der Waals surface area (Å²) in [4.78, 5) is 23.2. The Morgan fingerprint density at radius 3 is 2.78 bits per heavy atom. The van der Waals surface area contributed by atoms with E-state index < -0.39 is 5.97 Å². The molecule has 3 rings (SSSR count). The molecule has 3 aromatic heterocycles. The molecular weight excluding hydrogens is 234 g/mol. The highest BCUT2D eigenvalue weighted by atomic mass is 16.4. The van der Waals surface area contributed by atoms with Crippen LogP contribution in [-0.2, 0) is 0 Å². The van der Waals surface area contributed by atoms with Gasteiger partial charge in [0.05, 0.1) is 5.69 Å². The maximum absolute atomic E-state index is 11.2. The van der Waals surface area contributed by atoms with Crippen LogP contribution in [0.4, 0.5) is 0 Å². The molecule has 0 saturated carbocycles. The van der Waals surface area contributed by atoms with Crippen molar-refractivity contribution in [1.29, 1.82) is 0 Å². The molecule has 0 atom stereocenters. The molecule has 0 aliphatic heterocycles. The van der Waals surface area contributed by atoms with Gasteiger partial charge in [0.2, 0.25) is 0 Å². The molecule has 0 aromatic carbocycles. The van der Waals surface area contributed by atoms with Crippen molar-refractivity contribution in [3.63, 3.8) is 0 Å². The van der Waals surface area contributed by atoms with Gasteiger partial charge in [-0.2, -0.15) is 14.6 Å². The topological polar surface area (TPSA) is 93.3 Å². The number of aromatic nitrogens is 5. The minimum atomic E-state index is -1.08. The Balaban J connectivity index is 2.29. The van der Waals surface area contributed by atoms with Gasteiger partial charge < -0.3 is 5.11 Å². The van der Waals surface area contributed by atoms with E-state index in [0.29, 0.717) is 5.69 Å². The number of fused-ring (bicyclic) bond motifs is 1. The highest BCUT2D eigenvalue weighted by molar-refractivity contribution is 5.87. The highest BCUT2D eigenvalue weighted by Gasteiger charge is 2.14. The Hall–Kier alpha value is -2.83. The van der Waals surface area contributed by atoms with Gasteiger partial charge >= 0.3 is 5.97 Å². The molecule has 0 radical (unpaired) electrons. The van der Waals surface area contributed by atoms with Crippen LogP contribution < -0.4 is 0 Å². The molecular formula is C11H7N5O2. The normalized spacial score (nSPS) is 10.7. The third-order valence-corrected chi connectivity index (χ3v) is 2.45. The molecule has 0 spiro atoms. The number of aromatic carboxylic acids is 1. The molecule has 88 valence electrons. The number of carboxylic acids is 1. The molecule has 7 nitrogen and oxygen atoms in total. The maximum atomic E-state index is 11.2. The standard InChI is InChI=1S/C11H7N5O2/c17-10(18)9-5-8(7-1-3-12-4-2-7)15-11-13-6-14-16(9)11/h1-6H,(H,17,18). The number of hydrogen-bond donors (Lipinski definition) is 1. The van der Waals surface area contributed by atoms with Crippen molar-refractivity contribution < 1.29 is 9.90 Å². The van der Waals surface area contributed by atoms with E-state index in [1.165, 1.54) is 16.9 Å². The smallest absolute Gasteiger partial charge is 0.354 e. The first kappa shape index (κ1) is 10.3. The van der Waals surface area contributed by atoms with Crippen molar-refractivity contribution in [1.82, 2.24) is 24.6 Å². The lowest BCUT2D eigenvalue weighted by atomic mass is 10.2. The summed E-state index contributed by atoms with van der Waals surface area (Å²) in [7, 11) is 0. The summed E-state index contributed by atoms with van der Waals surface area (Å²) in [5, 5.41) is 13.0. The van der Waals surface area contributed by atoms with Crippen LogP contribution in [0.3, 0.4) is 0 Å². The van der Waals surface area contributed by atoms with E-state index in [2.05, 4.69) is 20.1 Å². The predicted octanol–water partition coefficient (Wildman–Crippen LogP) is 0.884. The van der Waals surface area contributed by atoms with Gasteiger partial charge in [0, 0.05) is 18.0 Å². The lowest BCUT2D eigenvalue weighted by Gasteiger charge is -2.03. The Morgan fingerprint density at radius 1 is 1.28 bits per heavy atom. The largest absolute Gasteiger partial charge is 0.477 e. The van der Waals surface area contributed by atoms with E-state index in [9.17, 15) is 4.79 Å². The van der Waals surface area contributed by atoms with Crippen LogP contribution in [0.25, 0.3) is 17.0 Å². The number of pyridine rings is 1. The van der Waals surface area contributed by atoms with E-state index in [1.807, 2.05) is 0 Å². The molecule has 0 aliphatic carbocycles. The fourth-order valence-corrected chi connectivity index (χ4v) is 1.64. The van der Waals surface area contributed by atoms with E-state index in [1.54, 1.807) is 24.5 Å². The molecule has 3 heterocycles. The van der Waals surface area contributed by atoms with Crippen LogP contribution in [0.2, 0.25) is 0 Å². The molecule has 0 amide bonds. The van der Waals surface area contributed by atoms with Crippen LogP contribution in [-0.4, -0.2) is 35.6 Å². The Bertz CT molecular complexity index is 723. The summed E-state index contributed by atoms with van der Waals surface area (Å²) >= 11 is 0. The fraction of sp³-hybridized carbons (Fsp3) is 0. The van der Waals surface area contributed by atoms with Gasteiger partial charge in [0.15, 0.2) is 5.69 Å². The van der Waals surface area contributed by atoms with Crippen molar-refractivity contribution in [3.8, 4) is 11.3 Å². The number of carboxylic acid groups (broad SMARTS) is 1. The average Bonchev–Trinajstić information content (AvgIpc) is 2.86.